The lowest BCUT2D eigenvalue weighted by molar-refractivity contribution is 0.587. The van der Waals surface area contributed by atoms with E-state index in [0.29, 0.717) is 58.0 Å². The molecule has 0 unspecified atom stereocenters. The summed E-state index contributed by atoms with van der Waals surface area (Å²) in [5.74, 6) is 1.78. The monoisotopic (exact) mass is 706 g/mol. The highest BCUT2D eigenvalue weighted by molar-refractivity contribution is 7.70. The van der Waals surface area contributed by atoms with Gasteiger partial charge in [-0.3, -0.25) is 0 Å². The van der Waals surface area contributed by atoms with Crippen LogP contribution in [-0.4, -0.2) is 53.1 Å². The normalized spacial score (nSPS) is 13.2. The molecule has 10 nitrogen and oxygen atoms in total. The predicted octanol–water partition coefficient (Wildman–Crippen LogP) is 7.86. The van der Waals surface area contributed by atoms with Crippen LogP contribution in [-0.2, 0) is 22.1 Å². The Morgan fingerprint density at radius 2 is 1.23 bits per heavy atom. The van der Waals surface area contributed by atoms with Crippen molar-refractivity contribution in [1.82, 2.24) is 19.9 Å². The number of halogens is 2. The third-order valence-electron chi connectivity index (χ3n) is 7.75. The van der Waals surface area contributed by atoms with Gasteiger partial charge >= 0.3 is 0 Å². The van der Waals surface area contributed by atoms with Crippen LogP contribution < -0.4 is 31.5 Å². The minimum atomic E-state index is -2.54. The first-order valence-electron chi connectivity index (χ1n) is 14.9. The minimum absolute atomic E-state index is 0.344. The van der Waals surface area contributed by atoms with Crippen molar-refractivity contribution in [2.75, 3.05) is 54.1 Å². The maximum atomic E-state index is 12.9. The lowest BCUT2D eigenvalue weighted by Gasteiger charge is -2.30. The summed E-state index contributed by atoms with van der Waals surface area (Å²) in [6, 6.07) is 21.0. The van der Waals surface area contributed by atoms with E-state index >= 15 is 0 Å². The Morgan fingerprint density at radius 3 is 1.85 bits per heavy atom. The van der Waals surface area contributed by atoms with Gasteiger partial charge in [-0.25, -0.2) is 9.97 Å². The van der Waals surface area contributed by atoms with Crippen LogP contribution in [0.5, 0.6) is 0 Å². The molecular weight excluding hydrogens is 673 g/mol. The smallest absolute Gasteiger partial charge is 0.229 e. The number of nitrogens with one attached hydrogen (secondary N) is 3. The van der Waals surface area contributed by atoms with E-state index in [1.807, 2.05) is 60.7 Å². The zero-order valence-electron chi connectivity index (χ0n) is 26.3. The van der Waals surface area contributed by atoms with Crippen molar-refractivity contribution < 1.29 is 9.13 Å². The summed E-state index contributed by atoms with van der Waals surface area (Å²) in [6.45, 7) is 8.19. The first-order valence-corrected chi connectivity index (χ1v) is 20.8. The molecule has 0 fully saturated rings. The highest BCUT2D eigenvalue weighted by atomic mass is 35.5. The van der Waals surface area contributed by atoms with Crippen molar-refractivity contribution in [1.29, 1.82) is 0 Å². The van der Waals surface area contributed by atoms with Gasteiger partial charge < -0.3 is 30.0 Å². The summed E-state index contributed by atoms with van der Waals surface area (Å²) < 4.78 is 25.8. The molecule has 47 heavy (non-hydrogen) atoms. The van der Waals surface area contributed by atoms with Crippen molar-refractivity contribution in [2.45, 2.75) is 13.0 Å². The Hall–Kier alpha value is -3.94. The van der Waals surface area contributed by atoms with E-state index in [0.717, 1.165) is 33.8 Å². The van der Waals surface area contributed by atoms with Crippen LogP contribution in [0.2, 0.25) is 10.0 Å². The molecule has 242 valence electrons. The summed E-state index contributed by atoms with van der Waals surface area (Å²) in [7, 11) is -5.08. The van der Waals surface area contributed by atoms with E-state index in [4.69, 9.17) is 28.2 Å². The summed E-state index contributed by atoms with van der Waals surface area (Å²) in [4.78, 5) is 20.5. The number of anilines is 7. The van der Waals surface area contributed by atoms with Crippen LogP contribution in [0.3, 0.4) is 0 Å². The number of aromatic nitrogens is 4. The first-order chi connectivity index (χ1) is 22.4. The Kier molecular flexibility index (Phi) is 9.32. The molecule has 3 aromatic carbocycles. The summed E-state index contributed by atoms with van der Waals surface area (Å²) in [5, 5.41) is 12.1. The third-order valence-corrected chi connectivity index (χ3v) is 11.4. The summed E-state index contributed by atoms with van der Waals surface area (Å²) in [6.07, 6.45) is 3.85. The number of benzene rings is 3. The van der Waals surface area contributed by atoms with Crippen molar-refractivity contribution >= 4 is 88.7 Å². The minimum Gasteiger partial charge on any atom is -0.338 e. The molecule has 0 spiro atoms. The van der Waals surface area contributed by atoms with E-state index in [2.05, 4.69) is 41.9 Å². The topological polar surface area (TPSA) is 125 Å². The van der Waals surface area contributed by atoms with E-state index in [1.54, 1.807) is 32.9 Å². The van der Waals surface area contributed by atoms with Crippen molar-refractivity contribution in [2.24, 2.45) is 0 Å². The van der Waals surface area contributed by atoms with E-state index in [-0.39, 0.29) is 0 Å². The van der Waals surface area contributed by atoms with Gasteiger partial charge in [-0.15, -0.1) is 0 Å². The first kappa shape index (κ1) is 33.0. The second-order valence-electron chi connectivity index (χ2n) is 12.0. The third kappa shape index (κ3) is 7.47. The van der Waals surface area contributed by atoms with Gasteiger partial charge in [-0.2, -0.15) is 9.97 Å². The van der Waals surface area contributed by atoms with Crippen LogP contribution >= 0.6 is 37.5 Å². The molecule has 1 aliphatic heterocycles. The zero-order valence-corrected chi connectivity index (χ0v) is 29.6. The second kappa shape index (κ2) is 13.3. The highest BCUT2D eigenvalue weighted by Gasteiger charge is 2.23. The van der Waals surface area contributed by atoms with Crippen LogP contribution in [0, 0.1) is 0 Å². The van der Waals surface area contributed by atoms with Gasteiger partial charge in [0, 0.05) is 29.4 Å². The molecule has 0 saturated carbocycles. The van der Waals surface area contributed by atoms with Gasteiger partial charge in [-0.05, 0) is 74.5 Å². The largest absolute Gasteiger partial charge is 0.338 e. The van der Waals surface area contributed by atoms with Gasteiger partial charge in [0.25, 0.3) is 0 Å². The maximum Gasteiger partial charge on any atom is 0.229 e. The predicted molar refractivity (Wildman–Crippen MR) is 196 cm³/mol. The average Bonchev–Trinajstić information content (AvgIpc) is 3.03. The lowest BCUT2D eigenvalue weighted by atomic mass is 9.98. The van der Waals surface area contributed by atoms with Crippen LogP contribution in [0.4, 0.5) is 40.6 Å². The zero-order chi connectivity index (χ0) is 33.3. The standard InChI is InChI=1S/C33H34Cl2N8O2P2/c1-46(2,44)28-14-7-5-11-26(28)38-30-23(34)18-36-32(41-30)40-25-13-9-10-21-20-43(17-16-22(21)25)33-37-19-24(35)31(42-33)39-27-12-6-8-15-29(27)47(3,4)45/h5-15,18-19H,16-17,20H2,1-4H3,(H,37,39,42)(H2,36,38,40,41). The Morgan fingerprint density at radius 1 is 0.681 bits per heavy atom. The van der Waals surface area contributed by atoms with Crippen molar-refractivity contribution in [3.63, 3.8) is 0 Å². The Balaban J connectivity index is 1.21. The molecule has 0 radical (unpaired) electrons. The lowest BCUT2D eigenvalue weighted by Crippen LogP contribution is -2.32. The number of para-hydroxylation sites is 2. The molecule has 2 aromatic heterocycles. The number of hydrogen-bond donors (Lipinski definition) is 3. The van der Waals surface area contributed by atoms with Gasteiger partial charge in [0.05, 0.1) is 23.8 Å². The van der Waals surface area contributed by atoms with E-state index in [1.165, 1.54) is 6.20 Å². The average molecular weight is 708 g/mol. The molecule has 0 saturated heterocycles. The number of hydrogen-bond acceptors (Lipinski definition) is 10. The van der Waals surface area contributed by atoms with Gasteiger partial charge in [-0.1, -0.05) is 59.6 Å². The van der Waals surface area contributed by atoms with Crippen LogP contribution in [0.25, 0.3) is 0 Å². The van der Waals surface area contributed by atoms with Crippen molar-refractivity contribution in [3.05, 3.63) is 100 Å². The highest BCUT2D eigenvalue weighted by Crippen LogP contribution is 2.40. The quantitative estimate of drug-likeness (QED) is 0.130. The fraction of sp³-hybridized carbons (Fsp3) is 0.212. The fourth-order valence-electron chi connectivity index (χ4n) is 5.48. The maximum absolute atomic E-state index is 12.9. The van der Waals surface area contributed by atoms with Gasteiger partial charge in [0.2, 0.25) is 11.9 Å². The summed E-state index contributed by atoms with van der Waals surface area (Å²) >= 11 is 13.0. The van der Waals surface area contributed by atoms with Crippen molar-refractivity contribution in [3.8, 4) is 0 Å². The molecule has 0 aliphatic carbocycles. The van der Waals surface area contributed by atoms with Crippen LogP contribution in [0.15, 0.2) is 79.1 Å². The van der Waals surface area contributed by atoms with Gasteiger partial charge in [0.1, 0.15) is 24.3 Å². The molecule has 0 bridgehead atoms. The second-order valence-corrected chi connectivity index (χ2v) is 19.2. The molecule has 1 aliphatic rings. The molecule has 6 rings (SSSR count). The number of fused-ring (bicyclic) bond motifs is 1. The molecule has 14 heteroatoms. The fourth-order valence-corrected chi connectivity index (χ4v) is 8.07. The molecule has 0 amide bonds. The summed E-state index contributed by atoms with van der Waals surface area (Å²) in [5.41, 5.74) is 4.53. The number of nitrogens with zero attached hydrogens (tertiary/aromatic N) is 5. The van der Waals surface area contributed by atoms with Gasteiger partial charge in [0.15, 0.2) is 11.6 Å². The Labute approximate surface area is 284 Å². The molecule has 3 heterocycles. The van der Waals surface area contributed by atoms with E-state index in [9.17, 15) is 9.13 Å². The van der Waals surface area contributed by atoms with E-state index < -0.39 is 14.3 Å². The SMILES string of the molecule is CP(C)(=O)c1ccccc1Nc1nc(Nc2cccc3c2CCN(c2ncc(Cl)c(Nc4ccccc4P(C)(C)=O)n2)C3)ncc1Cl. The van der Waals surface area contributed by atoms with Crippen LogP contribution in [0.1, 0.15) is 11.1 Å². The Bertz CT molecular complexity index is 2070. The number of rotatable bonds is 9. The molecule has 5 aromatic rings. The molecule has 3 N–H and O–H groups in total. The molecular formula is C33H34Cl2N8O2P2. The molecule has 0 atom stereocenters.